The van der Waals surface area contributed by atoms with Crippen molar-refractivity contribution in [3.05, 3.63) is 0 Å². The van der Waals surface area contributed by atoms with Crippen molar-refractivity contribution in [3.8, 4) is 0 Å². The van der Waals surface area contributed by atoms with Gasteiger partial charge in [0.1, 0.15) is 0 Å². The third-order valence-electron chi connectivity index (χ3n) is 4.93. The van der Waals surface area contributed by atoms with Gasteiger partial charge in [-0.15, -0.1) is 0 Å². The van der Waals surface area contributed by atoms with Gasteiger partial charge in [0.15, 0.2) is 0 Å². The van der Waals surface area contributed by atoms with Gasteiger partial charge < -0.3 is 5.11 Å². The molecule has 0 aromatic rings. The van der Waals surface area contributed by atoms with Crippen LogP contribution in [0.15, 0.2) is 0 Å². The zero-order valence-electron chi connectivity index (χ0n) is 10.3. The second-order valence-corrected chi connectivity index (χ2v) is 5.66. The molecule has 16 heavy (non-hydrogen) atoms. The van der Waals surface area contributed by atoms with E-state index in [0.29, 0.717) is 11.8 Å². The lowest BCUT2D eigenvalue weighted by atomic mass is 9.68. The number of rotatable bonds is 3. The van der Waals surface area contributed by atoms with Crippen LogP contribution in [0, 0.1) is 23.7 Å². The molecule has 4 atom stereocenters. The summed E-state index contributed by atoms with van der Waals surface area (Å²) in [5, 5.41) is 9.27. The standard InChI is InChI=1S/C14H24O2/c1-2-10-6-3-4-7-11(10)12-8-5-9-13(12)14(15)16/h10-13H,2-9H2,1H3,(H,15,16). The number of aliphatic carboxylic acids is 1. The molecule has 2 heteroatoms. The van der Waals surface area contributed by atoms with E-state index in [1.165, 1.54) is 32.1 Å². The van der Waals surface area contributed by atoms with E-state index in [-0.39, 0.29) is 5.92 Å². The molecule has 92 valence electrons. The van der Waals surface area contributed by atoms with E-state index >= 15 is 0 Å². The molecule has 0 aromatic heterocycles. The Bertz CT molecular complexity index is 249. The Hall–Kier alpha value is -0.530. The van der Waals surface area contributed by atoms with Gasteiger partial charge in [-0.25, -0.2) is 0 Å². The largest absolute Gasteiger partial charge is 0.481 e. The topological polar surface area (TPSA) is 37.3 Å². The van der Waals surface area contributed by atoms with Crippen LogP contribution < -0.4 is 0 Å². The monoisotopic (exact) mass is 224 g/mol. The van der Waals surface area contributed by atoms with Gasteiger partial charge in [0, 0.05) is 0 Å². The van der Waals surface area contributed by atoms with Crippen molar-refractivity contribution < 1.29 is 9.90 Å². The van der Waals surface area contributed by atoms with E-state index in [4.69, 9.17) is 0 Å². The van der Waals surface area contributed by atoms with Crippen LogP contribution in [0.5, 0.6) is 0 Å². The summed E-state index contributed by atoms with van der Waals surface area (Å²) in [5.41, 5.74) is 0. The van der Waals surface area contributed by atoms with Crippen LogP contribution in [0.2, 0.25) is 0 Å². The molecule has 1 N–H and O–H groups in total. The molecule has 0 heterocycles. The normalized spacial score (nSPS) is 39.8. The summed E-state index contributed by atoms with van der Waals surface area (Å²) in [6, 6.07) is 0. The summed E-state index contributed by atoms with van der Waals surface area (Å²) in [6.45, 7) is 2.27. The van der Waals surface area contributed by atoms with Crippen molar-refractivity contribution >= 4 is 5.97 Å². The summed E-state index contributed by atoms with van der Waals surface area (Å²) in [4.78, 5) is 11.2. The average Bonchev–Trinajstić information content (AvgIpc) is 2.77. The van der Waals surface area contributed by atoms with Gasteiger partial charge >= 0.3 is 5.97 Å². The third-order valence-corrected chi connectivity index (χ3v) is 4.93. The summed E-state index contributed by atoms with van der Waals surface area (Å²) < 4.78 is 0. The van der Waals surface area contributed by atoms with Crippen LogP contribution in [0.25, 0.3) is 0 Å². The maximum Gasteiger partial charge on any atom is 0.306 e. The second kappa shape index (κ2) is 5.20. The van der Waals surface area contributed by atoms with E-state index in [1.54, 1.807) is 0 Å². The predicted molar refractivity (Wildman–Crippen MR) is 64.2 cm³/mol. The van der Waals surface area contributed by atoms with Gasteiger partial charge in [-0.3, -0.25) is 4.79 Å². The van der Waals surface area contributed by atoms with Crippen LogP contribution in [-0.2, 0) is 4.79 Å². The summed E-state index contributed by atoms with van der Waals surface area (Å²) in [6.07, 6.45) is 9.77. The molecular formula is C14H24O2. The molecule has 4 unspecified atom stereocenters. The first kappa shape index (κ1) is 11.9. The Morgan fingerprint density at radius 3 is 2.44 bits per heavy atom. The molecule has 2 fully saturated rings. The molecule has 2 rings (SSSR count). The SMILES string of the molecule is CCC1CCCCC1C1CCCC1C(=O)O. The van der Waals surface area contributed by atoms with Crippen LogP contribution in [0.4, 0.5) is 0 Å². The number of carboxylic acids is 1. The maximum absolute atomic E-state index is 11.2. The van der Waals surface area contributed by atoms with Gasteiger partial charge in [-0.2, -0.15) is 0 Å². The van der Waals surface area contributed by atoms with Crippen molar-refractivity contribution in [1.82, 2.24) is 0 Å². The minimum absolute atomic E-state index is 0.0304. The van der Waals surface area contributed by atoms with Crippen molar-refractivity contribution in [3.63, 3.8) is 0 Å². The van der Waals surface area contributed by atoms with Crippen molar-refractivity contribution in [2.75, 3.05) is 0 Å². The Morgan fingerprint density at radius 1 is 1.06 bits per heavy atom. The zero-order chi connectivity index (χ0) is 11.5. The summed E-state index contributed by atoms with van der Waals surface area (Å²) in [5.74, 6) is 1.43. The van der Waals surface area contributed by atoms with Crippen LogP contribution in [0.1, 0.15) is 58.3 Å². The minimum Gasteiger partial charge on any atom is -0.481 e. The Morgan fingerprint density at radius 2 is 1.75 bits per heavy atom. The maximum atomic E-state index is 11.2. The summed E-state index contributed by atoms with van der Waals surface area (Å²) >= 11 is 0. The molecule has 0 saturated heterocycles. The first-order valence-corrected chi connectivity index (χ1v) is 6.96. The van der Waals surface area contributed by atoms with E-state index < -0.39 is 5.97 Å². The Balaban J connectivity index is 2.06. The third kappa shape index (κ3) is 2.26. The molecule has 0 aromatic carbocycles. The molecular weight excluding hydrogens is 200 g/mol. The fourth-order valence-electron chi connectivity index (χ4n) is 4.11. The first-order chi connectivity index (χ1) is 7.74. The highest BCUT2D eigenvalue weighted by molar-refractivity contribution is 5.70. The van der Waals surface area contributed by atoms with Gasteiger partial charge in [-0.1, -0.05) is 39.0 Å². The van der Waals surface area contributed by atoms with Crippen LogP contribution in [-0.4, -0.2) is 11.1 Å². The smallest absolute Gasteiger partial charge is 0.306 e. The molecule has 0 bridgehead atoms. The number of hydrogen-bond acceptors (Lipinski definition) is 1. The lowest BCUT2D eigenvalue weighted by Crippen LogP contribution is -2.31. The molecule has 0 spiro atoms. The van der Waals surface area contributed by atoms with E-state index in [9.17, 15) is 9.90 Å². The lowest BCUT2D eigenvalue weighted by Gasteiger charge is -2.37. The minimum atomic E-state index is -0.539. The van der Waals surface area contributed by atoms with Gasteiger partial charge in [0.05, 0.1) is 5.92 Å². The van der Waals surface area contributed by atoms with E-state index in [1.807, 2.05) is 0 Å². The highest BCUT2D eigenvalue weighted by Gasteiger charge is 2.41. The highest BCUT2D eigenvalue weighted by atomic mass is 16.4. The van der Waals surface area contributed by atoms with Gasteiger partial charge in [0.25, 0.3) is 0 Å². The van der Waals surface area contributed by atoms with Crippen molar-refractivity contribution in [2.45, 2.75) is 58.3 Å². The fourth-order valence-corrected chi connectivity index (χ4v) is 4.11. The Labute approximate surface area is 98.4 Å². The summed E-state index contributed by atoms with van der Waals surface area (Å²) in [7, 11) is 0. The van der Waals surface area contributed by atoms with Crippen molar-refractivity contribution in [2.24, 2.45) is 23.7 Å². The molecule has 2 saturated carbocycles. The molecule has 2 nitrogen and oxygen atoms in total. The van der Waals surface area contributed by atoms with Gasteiger partial charge in [0.2, 0.25) is 0 Å². The molecule has 0 amide bonds. The average molecular weight is 224 g/mol. The highest BCUT2D eigenvalue weighted by Crippen LogP contribution is 2.46. The molecule has 2 aliphatic rings. The molecule has 0 radical (unpaired) electrons. The van der Waals surface area contributed by atoms with E-state index in [0.717, 1.165) is 25.2 Å². The molecule has 2 aliphatic carbocycles. The lowest BCUT2D eigenvalue weighted by molar-refractivity contribution is -0.144. The molecule has 0 aliphatic heterocycles. The number of hydrogen-bond donors (Lipinski definition) is 1. The van der Waals surface area contributed by atoms with Gasteiger partial charge in [-0.05, 0) is 37.0 Å². The number of carboxylic acid groups (broad SMARTS) is 1. The zero-order valence-corrected chi connectivity index (χ0v) is 10.3. The predicted octanol–water partition coefficient (Wildman–Crippen LogP) is 3.70. The number of carbonyl (C=O) groups is 1. The van der Waals surface area contributed by atoms with Crippen LogP contribution >= 0.6 is 0 Å². The van der Waals surface area contributed by atoms with Crippen LogP contribution in [0.3, 0.4) is 0 Å². The first-order valence-electron chi connectivity index (χ1n) is 6.96. The second-order valence-electron chi connectivity index (χ2n) is 5.66. The van der Waals surface area contributed by atoms with E-state index in [2.05, 4.69) is 6.92 Å². The quantitative estimate of drug-likeness (QED) is 0.793. The fraction of sp³-hybridized carbons (Fsp3) is 0.929. The Kier molecular flexibility index (Phi) is 3.88. The van der Waals surface area contributed by atoms with Crippen molar-refractivity contribution in [1.29, 1.82) is 0 Å².